The molecule has 2 rings (SSSR count). The van der Waals surface area contributed by atoms with Crippen molar-refractivity contribution in [2.45, 2.75) is 20.0 Å². The van der Waals surface area contributed by atoms with Gasteiger partial charge in [0.1, 0.15) is 17.1 Å². The highest BCUT2D eigenvalue weighted by Gasteiger charge is 2.18. The van der Waals surface area contributed by atoms with Crippen molar-refractivity contribution in [3.05, 3.63) is 40.8 Å². The fourth-order valence-electron chi connectivity index (χ4n) is 1.97. The van der Waals surface area contributed by atoms with Gasteiger partial charge in [0.15, 0.2) is 0 Å². The minimum absolute atomic E-state index is 0.0121. The number of pyridine rings is 1. The SMILES string of the molecule is CC(C)Oc1ncc(Cl)cc1NC(=O)c1ccc(C(=O)O)n1C. The number of hydrogen-bond acceptors (Lipinski definition) is 4. The van der Waals surface area contributed by atoms with Gasteiger partial charge in [-0.3, -0.25) is 4.79 Å². The van der Waals surface area contributed by atoms with Crippen molar-refractivity contribution in [3.63, 3.8) is 0 Å². The molecule has 0 fully saturated rings. The topological polar surface area (TPSA) is 93.4 Å². The Morgan fingerprint density at radius 3 is 2.57 bits per heavy atom. The Morgan fingerprint density at radius 2 is 2.00 bits per heavy atom. The number of carbonyl (C=O) groups excluding carboxylic acids is 1. The summed E-state index contributed by atoms with van der Waals surface area (Å²) in [7, 11) is 1.50. The number of nitrogens with one attached hydrogen (secondary N) is 1. The van der Waals surface area contributed by atoms with E-state index in [1.165, 1.54) is 36.0 Å². The van der Waals surface area contributed by atoms with Crippen LogP contribution in [0.4, 0.5) is 5.69 Å². The molecule has 2 heterocycles. The van der Waals surface area contributed by atoms with Gasteiger partial charge in [-0.2, -0.15) is 0 Å². The van der Waals surface area contributed by atoms with E-state index in [9.17, 15) is 9.59 Å². The van der Waals surface area contributed by atoms with E-state index in [0.717, 1.165) is 0 Å². The largest absolute Gasteiger partial charge is 0.477 e. The summed E-state index contributed by atoms with van der Waals surface area (Å²) in [5.41, 5.74) is 0.519. The number of aromatic carboxylic acids is 1. The summed E-state index contributed by atoms with van der Waals surface area (Å²) >= 11 is 5.91. The van der Waals surface area contributed by atoms with Crippen molar-refractivity contribution in [1.29, 1.82) is 0 Å². The fraction of sp³-hybridized carbons (Fsp3) is 0.267. The van der Waals surface area contributed by atoms with Crippen LogP contribution in [0, 0.1) is 0 Å². The molecular formula is C15H16ClN3O4. The first-order valence-corrected chi connectivity index (χ1v) is 7.20. The lowest BCUT2D eigenvalue weighted by Crippen LogP contribution is -2.19. The molecule has 0 aromatic carbocycles. The van der Waals surface area contributed by atoms with Gasteiger partial charge in [-0.15, -0.1) is 0 Å². The van der Waals surface area contributed by atoms with Crippen molar-refractivity contribution in [2.75, 3.05) is 5.32 Å². The second-order valence-electron chi connectivity index (χ2n) is 5.09. The molecule has 0 bridgehead atoms. The van der Waals surface area contributed by atoms with Gasteiger partial charge in [0, 0.05) is 13.2 Å². The summed E-state index contributed by atoms with van der Waals surface area (Å²) in [5, 5.41) is 12.0. The van der Waals surface area contributed by atoms with E-state index in [2.05, 4.69) is 10.3 Å². The van der Waals surface area contributed by atoms with Crippen molar-refractivity contribution < 1.29 is 19.4 Å². The average Bonchev–Trinajstić information content (AvgIpc) is 2.83. The Hall–Kier alpha value is -2.54. The van der Waals surface area contributed by atoms with Crippen LogP contribution in [0.15, 0.2) is 24.4 Å². The van der Waals surface area contributed by atoms with Crippen molar-refractivity contribution in [3.8, 4) is 5.88 Å². The van der Waals surface area contributed by atoms with Gasteiger partial charge in [0.2, 0.25) is 5.88 Å². The first-order chi connectivity index (χ1) is 10.8. The highest BCUT2D eigenvalue weighted by atomic mass is 35.5. The molecule has 23 heavy (non-hydrogen) atoms. The standard InChI is InChI=1S/C15H16ClN3O4/c1-8(2)23-14-10(6-9(16)7-17-14)18-13(20)11-4-5-12(15(21)22)19(11)3/h4-8H,1-3H3,(H,18,20)(H,21,22). The molecule has 0 spiro atoms. The summed E-state index contributed by atoms with van der Waals surface area (Å²) in [6.07, 6.45) is 1.29. The van der Waals surface area contributed by atoms with Crippen LogP contribution in [0.1, 0.15) is 34.8 Å². The van der Waals surface area contributed by atoms with Crippen molar-refractivity contribution in [1.82, 2.24) is 9.55 Å². The maximum atomic E-state index is 12.4. The Morgan fingerprint density at radius 1 is 1.35 bits per heavy atom. The Bertz CT molecular complexity index is 755. The number of carboxylic acid groups (broad SMARTS) is 1. The quantitative estimate of drug-likeness (QED) is 0.875. The lowest BCUT2D eigenvalue weighted by atomic mass is 10.3. The number of halogens is 1. The maximum Gasteiger partial charge on any atom is 0.352 e. The number of ether oxygens (including phenoxy) is 1. The molecule has 2 aromatic rings. The van der Waals surface area contributed by atoms with Crippen LogP contribution in [0.3, 0.4) is 0 Å². The van der Waals surface area contributed by atoms with Gasteiger partial charge in [-0.25, -0.2) is 9.78 Å². The zero-order valence-electron chi connectivity index (χ0n) is 12.8. The molecule has 7 nitrogen and oxygen atoms in total. The van der Waals surface area contributed by atoms with Gasteiger partial charge in [-0.1, -0.05) is 11.6 Å². The Labute approximate surface area is 137 Å². The molecule has 2 aromatic heterocycles. The number of anilines is 1. The second-order valence-corrected chi connectivity index (χ2v) is 5.53. The molecular weight excluding hydrogens is 322 g/mol. The predicted octanol–water partition coefficient (Wildman–Crippen LogP) is 2.81. The highest BCUT2D eigenvalue weighted by Crippen LogP contribution is 2.26. The average molecular weight is 338 g/mol. The van der Waals surface area contributed by atoms with Crippen LogP contribution in [-0.4, -0.2) is 32.6 Å². The fourth-order valence-corrected chi connectivity index (χ4v) is 2.13. The number of rotatable bonds is 5. The van der Waals surface area contributed by atoms with Gasteiger partial charge in [0.05, 0.1) is 11.1 Å². The molecule has 2 N–H and O–H groups in total. The summed E-state index contributed by atoms with van der Waals surface area (Å²) in [6.45, 7) is 3.66. The molecule has 0 saturated heterocycles. The first kappa shape index (κ1) is 16.8. The Kier molecular flexibility index (Phi) is 4.90. The molecule has 1 amide bonds. The molecule has 0 aliphatic heterocycles. The smallest absolute Gasteiger partial charge is 0.352 e. The molecule has 8 heteroatoms. The molecule has 0 saturated carbocycles. The van der Waals surface area contributed by atoms with E-state index in [1.54, 1.807) is 0 Å². The van der Waals surface area contributed by atoms with E-state index >= 15 is 0 Å². The van der Waals surface area contributed by atoms with E-state index in [1.807, 2.05) is 13.8 Å². The lowest BCUT2D eigenvalue weighted by molar-refractivity contribution is 0.0686. The predicted molar refractivity (Wildman–Crippen MR) is 85.3 cm³/mol. The van der Waals surface area contributed by atoms with Gasteiger partial charge < -0.3 is 19.7 Å². The molecule has 122 valence electrons. The third kappa shape index (κ3) is 3.81. The first-order valence-electron chi connectivity index (χ1n) is 6.82. The van der Waals surface area contributed by atoms with Crippen LogP contribution in [0.5, 0.6) is 5.88 Å². The van der Waals surface area contributed by atoms with Crippen molar-refractivity contribution >= 4 is 29.2 Å². The van der Waals surface area contributed by atoms with E-state index < -0.39 is 11.9 Å². The molecule has 0 atom stereocenters. The number of aromatic nitrogens is 2. The van der Waals surface area contributed by atoms with Crippen molar-refractivity contribution in [2.24, 2.45) is 7.05 Å². The van der Waals surface area contributed by atoms with Gasteiger partial charge in [0.25, 0.3) is 5.91 Å². The molecule has 0 radical (unpaired) electrons. The maximum absolute atomic E-state index is 12.4. The van der Waals surface area contributed by atoms with Gasteiger partial charge in [-0.05, 0) is 32.0 Å². The Balaban J connectivity index is 2.30. The lowest BCUT2D eigenvalue weighted by Gasteiger charge is -2.14. The number of hydrogen-bond donors (Lipinski definition) is 2. The van der Waals surface area contributed by atoms with Crippen LogP contribution in [-0.2, 0) is 7.05 Å². The number of nitrogens with zero attached hydrogens (tertiary/aromatic N) is 2. The normalized spacial score (nSPS) is 10.7. The summed E-state index contributed by atoms with van der Waals surface area (Å²) in [5.74, 6) is -1.36. The van der Waals surface area contributed by atoms with Crippen LogP contribution >= 0.6 is 11.6 Å². The van der Waals surface area contributed by atoms with Crippen LogP contribution < -0.4 is 10.1 Å². The van der Waals surface area contributed by atoms with Crippen LogP contribution in [0.2, 0.25) is 5.02 Å². The zero-order valence-corrected chi connectivity index (χ0v) is 13.6. The van der Waals surface area contributed by atoms with E-state index in [-0.39, 0.29) is 23.4 Å². The molecule has 0 aliphatic carbocycles. The van der Waals surface area contributed by atoms with E-state index in [4.69, 9.17) is 21.4 Å². The highest BCUT2D eigenvalue weighted by molar-refractivity contribution is 6.30. The summed E-state index contributed by atoms with van der Waals surface area (Å²) < 4.78 is 6.82. The summed E-state index contributed by atoms with van der Waals surface area (Å²) in [4.78, 5) is 27.5. The molecule has 0 unspecified atom stereocenters. The van der Waals surface area contributed by atoms with Gasteiger partial charge >= 0.3 is 5.97 Å². The number of carbonyl (C=O) groups is 2. The van der Waals surface area contributed by atoms with E-state index in [0.29, 0.717) is 10.7 Å². The minimum atomic E-state index is -1.11. The number of amides is 1. The zero-order chi connectivity index (χ0) is 17.1. The minimum Gasteiger partial charge on any atom is -0.477 e. The second kappa shape index (κ2) is 6.70. The summed E-state index contributed by atoms with van der Waals surface area (Å²) in [6, 6.07) is 4.31. The molecule has 0 aliphatic rings. The number of carboxylic acids is 1. The van der Waals surface area contributed by atoms with Crippen LogP contribution in [0.25, 0.3) is 0 Å². The third-order valence-corrected chi connectivity index (χ3v) is 3.19. The monoisotopic (exact) mass is 337 g/mol. The third-order valence-electron chi connectivity index (χ3n) is 2.99.